The number of halogens is 1. The Hall–Kier alpha value is -2.34. The van der Waals surface area contributed by atoms with Crippen LogP contribution in [0.4, 0.5) is 11.8 Å². The molecule has 0 amide bonds. The predicted octanol–water partition coefficient (Wildman–Crippen LogP) is 3.05. The molecular formula is C14H15ClN6. The Morgan fingerprint density at radius 2 is 1.95 bits per heavy atom. The summed E-state index contributed by atoms with van der Waals surface area (Å²) in [5.74, 6) is 1.29. The third-order valence-corrected chi connectivity index (χ3v) is 3.25. The quantitative estimate of drug-likeness (QED) is 0.675. The molecule has 0 radical (unpaired) electrons. The van der Waals surface area contributed by atoms with E-state index >= 15 is 0 Å². The lowest BCUT2D eigenvalue weighted by Crippen LogP contribution is -2.07. The van der Waals surface area contributed by atoms with E-state index in [1.807, 2.05) is 31.2 Å². The monoisotopic (exact) mass is 302 g/mol. The fourth-order valence-corrected chi connectivity index (χ4v) is 2.11. The van der Waals surface area contributed by atoms with Crippen LogP contribution in [0.1, 0.15) is 12.5 Å². The summed E-state index contributed by atoms with van der Waals surface area (Å²) < 4.78 is 0. The molecule has 3 aromatic rings. The van der Waals surface area contributed by atoms with Gasteiger partial charge in [0.05, 0.1) is 6.33 Å². The van der Waals surface area contributed by atoms with E-state index in [1.54, 1.807) is 6.33 Å². The highest BCUT2D eigenvalue weighted by Crippen LogP contribution is 2.19. The van der Waals surface area contributed by atoms with Crippen LogP contribution < -0.4 is 10.6 Å². The van der Waals surface area contributed by atoms with Gasteiger partial charge in [0.25, 0.3) is 0 Å². The summed E-state index contributed by atoms with van der Waals surface area (Å²) in [6, 6.07) is 7.70. The van der Waals surface area contributed by atoms with Gasteiger partial charge in [-0.15, -0.1) is 0 Å². The summed E-state index contributed by atoms with van der Waals surface area (Å²) in [5, 5.41) is 7.13. The predicted molar refractivity (Wildman–Crippen MR) is 84.6 cm³/mol. The van der Waals surface area contributed by atoms with Gasteiger partial charge < -0.3 is 15.6 Å². The molecule has 3 rings (SSSR count). The molecule has 2 aromatic heterocycles. The molecule has 0 spiro atoms. The van der Waals surface area contributed by atoms with Crippen LogP contribution in [0.2, 0.25) is 5.02 Å². The second kappa shape index (κ2) is 5.97. The number of aromatic amines is 1. The van der Waals surface area contributed by atoms with Gasteiger partial charge >= 0.3 is 0 Å². The first-order valence-electron chi connectivity index (χ1n) is 6.69. The maximum absolute atomic E-state index is 5.89. The smallest absolute Gasteiger partial charge is 0.226 e. The highest BCUT2D eigenvalue weighted by molar-refractivity contribution is 6.30. The first-order valence-corrected chi connectivity index (χ1v) is 7.07. The largest absolute Gasteiger partial charge is 0.364 e. The van der Waals surface area contributed by atoms with Crippen LogP contribution in [0.5, 0.6) is 0 Å². The number of imidazole rings is 1. The number of nitrogens with zero attached hydrogens (tertiary/aromatic N) is 3. The highest BCUT2D eigenvalue weighted by Gasteiger charge is 2.09. The maximum Gasteiger partial charge on any atom is 0.226 e. The van der Waals surface area contributed by atoms with E-state index in [-0.39, 0.29) is 0 Å². The van der Waals surface area contributed by atoms with Crippen molar-refractivity contribution >= 4 is 34.5 Å². The minimum Gasteiger partial charge on any atom is -0.364 e. The minimum atomic E-state index is 0.565. The molecule has 0 aliphatic carbocycles. The summed E-state index contributed by atoms with van der Waals surface area (Å²) in [4.78, 5) is 16.0. The molecular weight excluding hydrogens is 288 g/mol. The number of hydrogen-bond acceptors (Lipinski definition) is 5. The van der Waals surface area contributed by atoms with Crippen molar-refractivity contribution in [3.8, 4) is 0 Å². The average Bonchev–Trinajstić information content (AvgIpc) is 2.95. The fraction of sp³-hybridized carbons (Fsp3) is 0.214. The first kappa shape index (κ1) is 13.6. The maximum atomic E-state index is 5.89. The van der Waals surface area contributed by atoms with Crippen LogP contribution in [-0.4, -0.2) is 26.5 Å². The Labute approximate surface area is 127 Å². The number of nitrogens with one attached hydrogen (secondary N) is 3. The van der Waals surface area contributed by atoms with Crippen molar-refractivity contribution in [2.75, 3.05) is 17.2 Å². The zero-order valence-electron chi connectivity index (χ0n) is 11.5. The summed E-state index contributed by atoms with van der Waals surface area (Å²) in [6.45, 7) is 3.40. The van der Waals surface area contributed by atoms with Crippen molar-refractivity contribution in [3.63, 3.8) is 0 Å². The number of rotatable bonds is 5. The highest BCUT2D eigenvalue weighted by atomic mass is 35.5. The van der Waals surface area contributed by atoms with E-state index in [1.165, 1.54) is 0 Å². The molecule has 0 saturated carbocycles. The number of hydrogen-bond donors (Lipinski definition) is 3. The van der Waals surface area contributed by atoms with Crippen molar-refractivity contribution < 1.29 is 0 Å². The number of fused-ring (bicyclic) bond motifs is 1. The zero-order valence-corrected chi connectivity index (χ0v) is 12.3. The molecule has 2 heterocycles. The number of benzene rings is 1. The third kappa shape index (κ3) is 3.05. The molecule has 0 aliphatic rings. The summed E-state index contributed by atoms with van der Waals surface area (Å²) in [5.41, 5.74) is 2.56. The van der Waals surface area contributed by atoms with Gasteiger partial charge in [0, 0.05) is 18.1 Å². The molecule has 21 heavy (non-hydrogen) atoms. The Morgan fingerprint density at radius 3 is 2.71 bits per heavy atom. The van der Waals surface area contributed by atoms with Gasteiger partial charge in [-0.3, -0.25) is 0 Å². The lowest BCUT2D eigenvalue weighted by Gasteiger charge is -2.09. The topological polar surface area (TPSA) is 78.5 Å². The van der Waals surface area contributed by atoms with Crippen LogP contribution in [0.25, 0.3) is 11.2 Å². The fourth-order valence-electron chi connectivity index (χ4n) is 1.99. The van der Waals surface area contributed by atoms with Gasteiger partial charge in [0.15, 0.2) is 11.5 Å². The van der Waals surface area contributed by atoms with Gasteiger partial charge in [-0.1, -0.05) is 23.7 Å². The van der Waals surface area contributed by atoms with Gasteiger partial charge in [-0.2, -0.15) is 9.97 Å². The Morgan fingerprint density at radius 1 is 1.14 bits per heavy atom. The van der Waals surface area contributed by atoms with Crippen LogP contribution in [0, 0.1) is 0 Å². The Balaban J connectivity index is 1.84. The molecule has 0 bridgehead atoms. The summed E-state index contributed by atoms with van der Waals surface area (Å²) >= 11 is 5.89. The molecule has 0 fully saturated rings. The number of H-pyrrole nitrogens is 1. The lowest BCUT2D eigenvalue weighted by molar-refractivity contribution is 1.07. The van der Waals surface area contributed by atoms with Gasteiger partial charge in [-0.05, 0) is 24.6 Å². The van der Waals surface area contributed by atoms with E-state index < -0.39 is 0 Å². The second-order valence-electron chi connectivity index (χ2n) is 4.51. The zero-order chi connectivity index (χ0) is 14.7. The Kier molecular flexibility index (Phi) is 3.87. The van der Waals surface area contributed by atoms with E-state index in [4.69, 9.17) is 11.6 Å². The lowest BCUT2D eigenvalue weighted by atomic mass is 10.2. The first-order chi connectivity index (χ1) is 10.3. The summed E-state index contributed by atoms with van der Waals surface area (Å²) in [7, 11) is 0. The van der Waals surface area contributed by atoms with Gasteiger partial charge in [0.2, 0.25) is 5.95 Å². The molecule has 108 valence electrons. The average molecular weight is 303 g/mol. The summed E-state index contributed by atoms with van der Waals surface area (Å²) in [6.07, 6.45) is 1.61. The number of aromatic nitrogens is 4. The normalized spacial score (nSPS) is 10.8. The van der Waals surface area contributed by atoms with Crippen molar-refractivity contribution in [1.82, 2.24) is 19.9 Å². The minimum absolute atomic E-state index is 0.565. The van der Waals surface area contributed by atoms with Crippen LogP contribution >= 0.6 is 11.6 Å². The molecule has 1 aromatic carbocycles. The molecule has 0 aliphatic heterocycles. The van der Waals surface area contributed by atoms with Crippen LogP contribution in [-0.2, 0) is 6.54 Å². The van der Waals surface area contributed by atoms with Gasteiger partial charge in [0.1, 0.15) is 5.52 Å². The molecule has 0 unspecified atom stereocenters. The van der Waals surface area contributed by atoms with Crippen molar-refractivity contribution in [3.05, 3.63) is 41.2 Å². The molecule has 3 N–H and O–H groups in total. The third-order valence-electron chi connectivity index (χ3n) is 2.99. The Bertz CT molecular complexity index is 737. The molecule has 0 saturated heterocycles. The van der Waals surface area contributed by atoms with E-state index in [0.29, 0.717) is 18.1 Å². The standard InChI is InChI=1S/C14H15ClN6/c1-2-16-14-20-12(11-13(21-14)19-8-18-11)17-7-9-3-5-10(15)6-4-9/h3-6,8H,2,7H2,1H3,(H3,16,17,18,19,20,21). The van der Waals surface area contributed by atoms with Gasteiger partial charge in [-0.25, -0.2) is 4.98 Å². The van der Waals surface area contributed by atoms with Crippen LogP contribution in [0.15, 0.2) is 30.6 Å². The molecule has 7 heteroatoms. The van der Waals surface area contributed by atoms with E-state index in [9.17, 15) is 0 Å². The van der Waals surface area contributed by atoms with E-state index in [2.05, 4.69) is 30.6 Å². The van der Waals surface area contributed by atoms with Crippen molar-refractivity contribution in [2.45, 2.75) is 13.5 Å². The van der Waals surface area contributed by atoms with Crippen molar-refractivity contribution in [1.29, 1.82) is 0 Å². The van der Waals surface area contributed by atoms with E-state index in [0.717, 1.165) is 28.5 Å². The van der Waals surface area contributed by atoms with Crippen molar-refractivity contribution in [2.24, 2.45) is 0 Å². The molecule has 6 nitrogen and oxygen atoms in total. The second-order valence-corrected chi connectivity index (χ2v) is 4.94. The molecule has 0 atom stereocenters. The number of anilines is 2. The SMILES string of the molecule is CCNc1nc(NCc2ccc(Cl)cc2)c2[nH]cnc2n1. The van der Waals surface area contributed by atoms with Crippen LogP contribution in [0.3, 0.4) is 0 Å².